The minimum atomic E-state index is -0.617. The molecule has 0 atom stereocenters. The van der Waals surface area contributed by atoms with Crippen LogP contribution in [0.2, 0.25) is 5.02 Å². The van der Waals surface area contributed by atoms with E-state index in [2.05, 4.69) is 21.2 Å². The standard InChI is InChI=1S/C14H9BrClF2NO/c15-9-2-1-3-12(18)13(9)14(20)19-7-8-4-5-11(17)10(16)6-8/h1-6H,7H2,(H,19,20). The van der Waals surface area contributed by atoms with Crippen molar-refractivity contribution in [1.29, 1.82) is 0 Å². The Kier molecular flexibility index (Phi) is 4.73. The summed E-state index contributed by atoms with van der Waals surface area (Å²) in [7, 11) is 0. The van der Waals surface area contributed by atoms with Gasteiger partial charge >= 0.3 is 0 Å². The highest BCUT2D eigenvalue weighted by molar-refractivity contribution is 9.10. The number of carbonyl (C=O) groups is 1. The summed E-state index contributed by atoms with van der Waals surface area (Å²) in [5.41, 5.74) is 0.554. The number of halogens is 4. The summed E-state index contributed by atoms with van der Waals surface area (Å²) in [5.74, 6) is -1.71. The molecule has 0 radical (unpaired) electrons. The Hall–Kier alpha value is -1.46. The minimum Gasteiger partial charge on any atom is -0.348 e. The normalized spacial score (nSPS) is 10.4. The summed E-state index contributed by atoms with van der Waals surface area (Å²) in [6, 6.07) is 8.39. The van der Waals surface area contributed by atoms with Crippen LogP contribution in [0, 0.1) is 11.6 Å². The second kappa shape index (κ2) is 6.33. The fraction of sp³-hybridized carbons (Fsp3) is 0.0714. The summed E-state index contributed by atoms with van der Waals surface area (Å²) in [4.78, 5) is 11.9. The molecule has 0 aliphatic carbocycles. The second-order valence-electron chi connectivity index (χ2n) is 4.03. The molecule has 2 aromatic rings. The molecule has 0 unspecified atom stereocenters. The van der Waals surface area contributed by atoms with Gasteiger partial charge in [0.05, 0.1) is 10.6 Å². The Labute approximate surface area is 127 Å². The van der Waals surface area contributed by atoms with Crippen LogP contribution >= 0.6 is 27.5 Å². The molecule has 0 aromatic heterocycles. The SMILES string of the molecule is O=C(NCc1ccc(F)c(Cl)c1)c1c(F)cccc1Br. The van der Waals surface area contributed by atoms with Gasteiger partial charge in [0.15, 0.2) is 0 Å². The molecule has 0 saturated carbocycles. The van der Waals surface area contributed by atoms with Gasteiger partial charge in [0.25, 0.3) is 5.91 Å². The zero-order chi connectivity index (χ0) is 14.7. The summed E-state index contributed by atoms with van der Waals surface area (Å²) in [5, 5.41) is 2.53. The van der Waals surface area contributed by atoms with Crippen molar-refractivity contribution in [2.24, 2.45) is 0 Å². The van der Waals surface area contributed by atoms with Crippen LogP contribution in [0.1, 0.15) is 15.9 Å². The van der Waals surface area contributed by atoms with Gasteiger partial charge in [0, 0.05) is 11.0 Å². The molecular formula is C14H9BrClF2NO. The molecule has 1 N–H and O–H groups in total. The molecule has 0 aliphatic rings. The van der Waals surface area contributed by atoms with E-state index in [0.717, 1.165) is 0 Å². The van der Waals surface area contributed by atoms with E-state index in [9.17, 15) is 13.6 Å². The van der Waals surface area contributed by atoms with Crippen molar-refractivity contribution >= 4 is 33.4 Å². The van der Waals surface area contributed by atoms with Crippen molar-refractivity contribution in [2.75, 3.05) is 0 Å². The Morgan fingerprint density at radius 3 is 2.60 bits per heavy atom. The maximum atomic E-state index is 13.6. The van der Waals surface area contributed by atoms with Gasteiger partial charge in [-0.25, -0.2) is 8.78 Å². The van der Waals surface area contributed by atoms with Gasteiger partial charge in [-0.1, -0.05) is 23.7 Å². The first kappa shape index (κ1) is 14.9. The van der Waals surface area contributed by atoms with E-state index in [-0.39, 0.29) is 17.1 Å². The first-order valence-corrected chi connectivity index (χ1v) is 6.82. The molecule has 2 nitrogen and oxygen atoms in total. The highest BCUT2D eigenvalue weighted by atomic mass is 79.9. The second-order valence-corrected chi connectivity index (χ2v) is 5.29. The zero-order valence-electron chi connectivity index (χ0n) is 10.1. The number of rotatable bonds is 3. The van der Waals surface area contributed by atoms with Crippen LogP contribution < -0.4 is 5.32 Å². The molecule has 0 spiro atoms. The molecule has 104 valence electrons. The third-order valence-corrected chi connectivity index (χ3v) is 3.58. The first-order chi connectivity index (χ1) is 9.49. The van der Waals surface area contributed by atoms with Crippen LogP contribution in [0.5, 0.6) is 0 Å². The predicted octanol–water partition coefficient (Wildman–Crippen LogP) is 4.31. The van der Waals surface area contributed by atoms with Gasteiger partial charge in [-0.15, -0.1) is 0 Å². The third-order valence-electron chi connectivity index (χ3n) is 2.63. The molecule has 0 saturated heterocycles. The Morgan fingerprint density at radius 2 is 1.95 bits per heavy atom. The quantitative estimate of drug-likeness (QED) is 0.868. The average molecular weight is 361 g/mol. The molecule has 20 heavy (non-hydrogen) atoms. The Morgan fingerprint density at radius 1 is 1.20 bits per heavy atom. The van der Waals surface area contributed by atoms with Crippen molar-refractivity contribution in [1.82, 2.24) is 5.32 Å². The van der Waals surface area contributed by atoms with Gasteiger partial charge in [0.1, 0.15) is 11.6 Å². The molecule has 0 fully saturated rings. The fourth-order valence-corrected chi connectivity index (χ4v) is 2.36. The number of nitrogens with one attached hydrogen (secondary N) is 1. The minimum absolute atomic E-state index is 0.0242. The number of amides is 1. The monoisotopic (exact) mass is 359 g/mol. The van der Waals surface area contributed by atoms with Crippen molar-refractivity contribution in [3.8, 4) is 0 Å². The fourth-order valence-electron chi connectivity index (χ4n) is 1.64. The molecule has 0 bridgehead atoms. The van der Waals surface area contributed by atoms with E-state index < -0.39 is 17.5 Å². The number of benzene rings is 2. The average Bonchev–Trinajstić information content (AvgIpc) is 2.40. The lowest BCUT2D eigenvalue weighted by Gasteiger charge is -2.08. The lowest BCUT2D eigenvalue weighted by atomic mass is 10.2. The molecule has 2 rings (SSSR count). The van der Waals surface area contributed by atoms with Crippen LogP contribution in [-0.2, 0) is 6.54 Å². The predicted molar refractivity (Wildman–Crippen MR) is 76.7 cm³/mol. The van der Waals surface area contributed by atoms with Gasteiger partial charge < -0.3 is 5.32 Å². The van der Waals surface area contributed by atoms with E-state index in [1.54, 1.807) is 6.07 Å². The van der Waals surface area contributed by atoms with Crippen molar-refractivity contribution in [3.63, 3.8) is 0 Å². The molecule has 0 heterocycles. The van der Waals surface area contributed by atoms with Gasteiger partial charge in [-0.05, 0) is 45.8 Å². The van der Waals surface area contributed by atoms with Crippen molar-refractivity contribution in [2.45, 2.75) is 6.54 Å². The maximum Gasteiger partial charge on any atom is 0.255 e. The highest BCUT2D eigenvalue weighted by Crippen LogP contribution is 2.20. The van der Waals surface area contributed by atoms with Crippen molar-refractivity contribution < 1.29 is 13.6 Å². The summed E-state index contributed by atoms with van der Waals surface area (Å²) < 4.78 is 26.9. The smallest absolute Gasteiger partial charge is 0.255 e. The van der Waals surface area contributed by atoms with E-state index in [1.165, 1.54) is 30.3 Å². The van der Waals surface area contributed by atoms with Crippen LogP contribution in [0.3, 0.4) is 0 Å². The number of hydrogen-bond acceptors (Lipinski definition) is 1. The lowest BCUT2D eigenvalue weighted by molar-refractivity contribution is 0.0946. The molecular weight excluding hydrogens is 352 g/mol. The molecule has 0 aliphatic heterocycles. The van der Waals surface area contributed by atoms with Crippen LogP contribution in [0.4, 0.5) is 8.78 Å². The summed E-state index contributed by atoms with van der Waals surface area (Å²) in [6.07, 6.45) is 0. The van der Waals surface area contributed by atoms with E-state index in [4.69, 9.17) is 11.6 Å². The van der Waals surface area contributed by atoms with E-state index in [1.807, 2.05) is 0 Å². The Bertz CT molecular complexity index is 643. The van der Waals surface area contributed by atoms with Crippen LogP contribution in [-0.4, -0.2) is 5.91 Å². The van der Waals surface area contributed by atoms with Crippen molar-refractivity contribution in [3.05, 3.63) is 68.7 Å². The summed E-state index contributed by atoms with van der Waals surface area (Å²) in [6.45, 7) is 0.125. The molecule has 6 heteroatoms. The van der Waals surface area contributed by atoms with Crippen LogP contribution in [0.15, 0.2) is 40.9 Å². The highest BCUT2D eigenvalue weighted by Gasteiger charge is 2.15. The largest absolute Gasteiger partial charge is 0.348 e. The number of carbonyl (C=O) groups excluding carboxylic acids is 1. The summed E-state index contributed by atoms with van der Waals surface area (Å²) >= 11 is 8.76. The van der Waals surface area contributed by atoms with Gasteiger partial charge in [-0.2, -0.15) is 0 Å². The maximum absolute atomic E-state index is 13.6. The third kappa shape index (κ3) is 3.35. The topological polar surface area (TPSA) is 29.1 Å². The van der Waals surface area contributed by atoms with E-state index in [0.29, 0.717) is 10.0 Å². The van der Waals surface area contributed by atoms with Gasteiger partial charge in [0.2, 0.25) is 0 Å². The Balaban J connectivity index is 2.11. The van der Waals surface area contributed by atoms with E-state index >= 15 is 0 Å². The first-order valence-electron chi connectivity index (χ1n) is 5.65. The van der Waals surface area contributed by atoms with Crippen LogP contribution in [0.25, 0.3) is 0 Å². The van der Waals surface area contributed by atoms with Gasteiger partial charge in [-0.3, -0.25) is 4.79 Å². The molecule has 1 amide bonds. The lowest BCUT2D eigenvalue weighted by Crippen LogP contribution is -2.24. The molecule has 2 aromatic carbocycles. The number of hydrogen-bond donors (Lipinski definition) is 1. The zero-order valence-corrected chi connectivity index (χ0v) is 12.4.